The third-order valence-corrected chi connectivity index (χ3v) is 5.17. The highest BCUT2D eigenvalue weighted by atomic mass is 32.2. The molecule has 0 radical (unpaired) electrons. The number of ether oxygens (including phenoxy) is 2. The van der Waals surface area contributed by atoms with Gasteiger partial charge in [0.05, 0.1) is 12.9 Å². The first-order chi connectivity index (χ1) is 13.3. The number of hydrogen-bond acceptors (Lipinski definition) is 6. The molecule has 0 aliphatic heterocycles. The Morgan fingerprint density at radius 3 is 2.43 bits per heavy atom. The van der Waals surface area contributed by atoms with Gasteiger partial charge >= 0.3 is 5.97 Å². The van der Waals surface area contributed by atoms with Crippen molar-refractivity contribution in [2.75, 3.05) is 19.5 Å². The van der Waals surface area contributed by atoms with E-state index in [0.717, 1.165) is 16.7 Å². The van der Waals surface area contributed by atoms with E-state index in [-0.39, 0.29) is 23.9 Å². The molecule has 0 unspecified atom stereocenters. The quantitative estimate of drug-likeness (QED) is 0.465. The maximum atomic E-state index is 12.2. The highest BCUT2D eigenvalue weighted by Gasteiger charge is 2.13. The number of hydrogen-bond donors (Lipinski definition) is 0. The number of esters is 1. The number of carbonyl (C=O) groups is 3. The predicted octanol–water partition coefficient (Wildman–Crippen LogP) is 4.17. The number of rotatable bonds is 9. The number of ketones is 2. The molecule has 0 bridgehead atoms. The van der Waals surface area contributed by atoms with Gasteiger partial charge in [-0.15, -0.1) is 11.8 Å². The summed E-state index contributed by atoms with van der Waals surface area (Å²) >= 11 is 1.34. The van der Waals surface area contributed by atoms with Crippen molar-refractivity contribution in [3.05, 3.63) is 64.2 Å². The van der Waals surface area contributed by atoms with Crippen LogP contribution in [0.3, 0.4) is 0 Å². The van der Waals surface area contributed by atoms with Crippen LogP contribution >= 0.6 is 11.8 Å². The summed E-state index contributed by atoms with van der Waals surface area (Å²) in [5.41, 5.74) is 3.94. The molecule has 5 nitrogen and oxygen atoms in total. The molecule has 0 aliphatic carbocycles. The summed E-state index contributed by atoms with van der Waals surface area (Å²) in [4.78, 5) is 35.7. The fourth-order valence-electron chi connectivity index (χ4n) is 2.75. The van der Waals surface area contributed by atoms with Gasteiger partial charge in [0.1, 0.15) is 5.75 Å². The summed E-state index contributed by atoms with van der Waals surface area (Å²) in [6, 6.07) is 10.8. The molecule has 2 rings (SSSR count). The second-order valence-electron chi connectivity index (χ2n) is 6.48. The molecule has 148 valence electrons. The normalized spacial score (nSPS) is 10.4. The van der Waals surface area contributed by atoms with Crippen molar-refractivity contribution >= 4 is 29.3 Å². The zero-order valence-electron chi connectivity index (χ0n) is 16.5. The van der Waals surface area contributed by atoms with Crippen LogP contribution in [0.4, 0.5) is 0 Å². The summed E-state index contributed by atoms with van der Waals surface area (Å²) in [6.45, 7) is 5.05. The number of benzene rings is 2. The van der Waals surface area contributed by atoms with E-state index >= 15 is 0 Å². The van der Waals surface area contributed by atoms with Crippen molar-refractivity contribution in [2.45, 2.75) is 26.5 Å². The maximum absolute atomic E-state index is 12.2. The first kappa shape index (κ1) is 21.7. The van der Waals surface area contributed by atoms with Gasteiger partial charge in [0.2, 0.25) is 5.78 Å². The van der Waals surface area contributed by atoms with Crippen molar-refractivity contribution in [3.8, 4) is 5.75 Å². The van der Waals surface area contributed by atoms with Crippen LogP contribution in [0.5, 0.6) is 5.75 Å². The number of methoxy groups -OCH3 is 1. The minimum absolute atomic E-state index is 0.0294. The Morgan fingerprint density at radius 1 is 1.04 bits per heavy atom. The molecule has 0 amide bonds. The van der Waals surface area contributed by atoms with E-state index in [2.05, 4.69) is 0 Å². The van der Waals surface area contributed by atoms with Gasteiger partial charge < -0.3 is 9.47 Å². The minimum atomic E-state index is -0.454. The van der Waals surface area contributed by atoms with Gasteiger partial charge in [-0.3, -0.25) is 14.4 Å². The van der Waals surface area contributed by atoms with Crippen LogP contribution in [0.2, 0.25) is 0 Å². The fourth-order valence-corrected chi connectivity index (χ4v) is 3.54. The second kappa shape index (κ2) is 10.1. The molecular formula is C22H24O5S. The Balaban J connectivity index is 1.85. The van der Waals surface area contributed by atoms with Crippen molar-refractivity contribution in [3.63, 3.8) is 0 Å². The molecule has 0 aromatic heterocycles. The summed E-state index contributed by atoms with van der Waals surface area (Å²) in [7, 11) is 1.56. The van der Waals surface area contributed by atoms with Gasteiger partial charge in [-0.1, -0.05) is 23.8 Å². The van der Waals surface area contributed by atoms with Gasteiger partial charge in [0.25, 0.3) is 0 Å². The van der Waals surface area contributed by atoms with Crippen LogP contribution in [0.25, 0.3) is 0 Å². The lowest BCUT2D eigenvalue weighted by atomic mass is 10.0. The average molecular weight is 400 g/mol. The van der Waals surface area contributed by atoms with E-state index in [1.165, 1.54) is 18.7 Å². The summed E-state index contributed by atoms with van der Waals surface area (Å²) in [6.07, 6.45) is 0. The molecule has 2 aromatic rings. The number of Topliss-reactive ketones (excluding diaryl/α,β-unsaturated/α-hetero) is 2. The van der Waals surface area contributed by atoms with Crippen LogP contribution in [0, 0.1) is 13.8 Å². The third-order valence-electron chi connectivity index (χ3n) is 4.21. The first-order valence-electron chi connectivity index (χ1n) is 8.83. The van der Waals surface area contributed by atoms with Gasteiger partial charge in [-0.2, -0.15) is 0 Å². The topological polar surface area (TPSA) is 69.7 Å². The third kappa shape index (κ3) is 5.96. The first-order valence-corrected chi connectivity index (χ1v) is 9.99. The lowest BCUT2D eigenvalue weighted by Crippen LogP contribution is -2.16. The SMILES string of the molecule is COc1ccc(C(C)=O)cc1CSCC(=O)OCC(=O)c1ccc(C)cc1C. The summed E-state index contributed by atoms with van der Waals surface area (Å²) in [5, 5.41) is 0. The van der Waals surface area contributed by atoms with Crippen LogP contribution in [-0.4, -0.2) is 37.0 Å². The Labute approximate surface area is 169 Å². The molecule has 0 saturated carbocycles. The van der Waals surface area contributed by atoms with Crippen LogP contribution in [0.1, 0.15) is 44.3 Å². The number of carbonyl (C=O) groups excluding carboxylic acids is 3. The van der Waals surface area contributed by atoms with E-state index in [9.17, 15) is 14.4 Å². The molecule has 0 N–H and O–H groups in total. The monoisotopic (exact) mass is 400 g/mol. The Kier molecular flexibility index (Phi) is 7.81. The Hall–Kier alpha value is -2.60. The van der Waals surface area contributed by atoms with Crippen molar-refractivity contribution in [2.24, 2.45) is 0 Å². The van der Waals surface area contributed by atoms with E-state index in [4.69, 9.17) is 9.47 Å². The molecule has 0 spiro atoms. The van der Waals surface area contributed by atoms with E-state index < -0.39 is 5.97 Å². The molecule has 0 saturated heterocycles. The van der Waals surface area contributed by atoms with E-state index in [1.807, 2.05) is 26.0 Å². The smallest absolute Gasteiger partial charge is 0.316 e. The molecule has 0 fully saturated rings. The van der Waals surface area contributed by atoms with E-state index in [0.29, 0.717) is 22.6 Å². The lowest BCUT2D eigenvalue weighted by Gasteiger charge is -2.10. The summed E-state index contributed by atoms with van der Waals surface area (Å²) in [5.74, 6) is 0.559. The van der Waals surface area contributed by atoms with Crippen molar-refractivity contribution in [1.82, 2.24) is 0 Å². The number of aryl methyl sites for hydroxylation is 2. The van der Waals surface area contributed by atoms with Gasteiger partial charge in [-0.05, 0) is 44.5 Å². The zero-order valence-corrected chi connectivity index (χ0v) is 17.4. The Morgan fingerprint density at radius 2 is 1.79 bits per heavy atom. The van der Waals surface area contributed by atoms with E-state index in [1.54, 1.807) is 31.4 Å². The molecule has 28 heavy (non-hydrogen) atoms. The predicted molar refractivity (Wildman–Crippen MR) is 110 cm³/mol. The van der Waals surface area contributed by atoms with Crippen LogP contribution in [-0.2, 0) is 15.3 Å². The molecule has 2 aromatic carbocycles. The Bertz CT molecular complexity index is 888. The molecule has 0 atom stereocenters. The largest absolute Gasteiger partial charge is 0.496 e. The van der Waals surface area contributed by atoms with Gasteiger partial charge in [0.15, 0.2) is 12.4 Å². The zero-order chi connectivity index (χ0) is 20.7. The average Bonchev–Trinajstić information content (AvgIpc) is 2.66. The van der Waals surface area contributed by atoms with Crippen molar-refractivity contribution < 1.29 is 23.9 Å². The molecule has 6 heteroatoms. The fraction of sp³-hybridized carbons (Fsp3) is 0.318. The van der Waals surface area contributed by atoms with Crippen molar-refractivity contribution in [1.29, 1.82) is 0 Å². The highest BCUT2D eigenvalue weighted by Crippen LogP contribution is 2.25. The maximum Gasteiger partial charge on any atom is 0.316 e. The van der Waals surface area contributed by atoms with Gasteiger partial charge in [0, 0.05) is 22.4 Å². The molecular weight excluding hydrogens is 376 g/mol. The molecule has 0 heterocycles. The molecule has 0 aliphatic rings. The second-order valence-corrected chi connectivity index (χ2v) is 7.46. The standard InChI is InChI=1S/C22H24O5S/c1-14-5-7-19(15(2)9-14)20(24)11-27-22(25)13-28-12-18-10-17(16(3)23)6-8-21(18)26-4/h5-10H,11-13H2,1-4H3. The lowest BCUT2D eigenvalue weighted by molar-refractivity contribution is -0.139. The minimum Gasteiger partial charge on any atom is -0.496 e. The van der Waals surface area contributed by atoms with Crippen LogP contribution < -0.4 is 4.74 Å². The number of thioether (sulfide) groups is 1. The van der Waals surface area contributed by atoms with Gasteiger partial charge in [-0.25, -0.2) is 0 Å². The highest BCUT2D eigenvalue weighted by molar-refractivity contribution is 7.99. The van der Waals surface area contributed by atoms with Crippen LogP contribution in [0.15, 0.2) is 36.4 Å². The summed E-state index contributed by atoms with van der Waals surface area (Å²) < 4.78 is 10.4.